The van der Waals surface area contributed by atoms with Gasteiger partial charge in [-0.2, -0.15) is 13.2 Å². The van der Waals surface area contributed by atoms with Gasteiger partial charge in [0, 0.05) is 171 Å². The SMILES string of the molecule is C=C1CC(C(F)(F)F)c2c(ncnc2N2CCN(C(=O)[C@H](CNC(C)C)c3ccc(Cl)cc3)CC2)N1.C=C1CCc2c(ncnc2N2CCN(C(=O)[C@H](CNC(C)C)c3ccc(Cl)cc3)CC2)N1.C=C1CCc2c(ncnc2N2CCN(C(=O)[C@H](CNC(C)C)c3ccc(Cl)cc3)C[C@@H]2C)N1. The molecule has 6 N–H and O–H groups in total. The van der Waals surface area contributed by atoms with Crippen molar-refractivity contribution in [3.63, 3.8) is 0 Å². The van der Waals surface area contributed by atoms with Crippen LogP contribution in [0.3, 0.4) is 0 Å². The average molecular weight is 1450 g/mol. The van der Waals surface area contributed by atoms with Gasteiger partial charge in [0.2, 0.25) is 17.7 Å². The average Bonchev–Trinajstić information content (AvgIpc) is 0.767. The van der Waals surface area contributed by atoms with Gasteiger partial charge in [-0.15, -0.1) is 0 Å². The van der Waals surface area contributed by atoms with Crippen molar-refractivity contribution in [1.82, 2.24) is 60.6 Å². The summed E-state index contributed by atoms with van der Waals surface area (Å²) in [7, 11) is 0. The van der Waals surface area contributed by atoms with E-state index in [0.29, 0.717) is 99.1 Å². The van der Waals surface area contributed by atoms with Crippen LogP contribution in [0.15, 0.2) is 129 Å². The molecule has 3 saturated heterocycles. The number of nitrogens with one attached hydrogen (secondary N) is 6. The van der Waals surface area contributed by atoms with Gasteiger partial charge in [0.05, 0.1) is 23.7 Å². The van der Waals surface area contributed by atoms with E-state index in [1.807, 2.05) is 89.2 Å². The molecule has 0 aliphatic carbocycles. The van der Waals surface area contributed by atoms with Crippen molar-refractivity contribution in [3.8, 4) is 0 Å². The number of alkyl halides is 3. The zero-order valence-electron chi connectivity index (χ0n) is 58.7. The van der Waals surface area contributed by atoms with Crippen molar-refractivity contribution >= 4 is 87.4 Å². The van der Waals surface area contributed by atoms with Gasteiger partial charge in [-0.25, -0.2) is 29.9 Å². The van der Waals surface area contributed by atoms with Gasteiger partial charge in [0.1, 0.15) is 53.9 Å². The normalized spacial score (nSPS) is 18.6. The highest BCUT2D eigenvalue weighted by atomic mass is 35.5. The summed E-state index contributed by atoms with van der Waals surface area (Å²) in [6.45, 7) is 34.3. The summed E-state index contributed by atoms with van der Waals surface area (Å²) in [5.74, 6) is 1.72. The van der Waals surface area contributed by atoms with Crippen LogP contribution in [0.4, 0.5) is 48.1 Å². The highest BCUT2D eigenvalue weighted by molar-refractivity contribution is 6.31. The third kappa shape index (κ3) is 19.3. The van der Waals surface area contributed by atoms with Crippen LogP contribution in [0.25, 0.3) is 0 Å². The molecule has 9 heterocycles. The second kappa shape index (κ2) is 34.2. The van der Waals surface area contributed by atoms with E-state index < -0.39 is 18.0 Å². The maximum atomic E-state index is 13.9. The predicted octanol–water partition coefficient (Wildman–Crippen LogP) is 11.8. The molecule has 3 aromatic heterocycles. The van der Waals surface area contributed by atoms with Gasteiger partial charge < -0.3 is 61.3 Å². The van der Waals surface area contributed by atoms with Gasteiger partial charge in [0.15, 0.2) is 0 Å². The number of fused-ring (bicyclic) bond motifs is 3. The van der Waals surface area contributed by atoms with Crippen LogP contribution in [0, 0.1) is 0 Å². The lowest BCUT2D eigenvalue weighted by molar-refractivity contribution is -0.150. The molecule has 12 rings (SSSR count). The minimum atomic E-state index is -4.45. The number of hydrogen-bond acceptors (Lipinski definition) is 18. The number of benzene rings is 3. The maximum Gasteiger partial charge on any atom is 0.396 e. The van der Waals surface area contributed by atoms with Crippen LogP contribution in [-0.2, 0) is 27.2 Å². The number of rotatable bonds is 18. The Hall–Kier alpha value is -8.13. The van der Waals surface area contributed by atoms with Crippen molar-refractivity contribution in [2.75, 3.05) is 122 Å². The van der Waals surface area contributed by atoms with Crippen LogP contribution in [-0.4, -0.2) is 184 Å². The fourth-order valence-corrected chi connectivity index (χ4v) is 13.9. The van der Waals surface area contributed by atoms with Gasteiger partial charge >= 0.3 is 6.18 Å². The summed E-state index contributed by atoms with van der Waals surface area (Å²) in [5, 5.41) is 21.6. The molecule has 540 valence electrons. The van der Waals surface area contributed by atoms with Crippen molar-refractivity contribution in [1.29, 1.82) is 0 Å². The third-order valence-corrected chi connectivity index (χ3v) is 19.8. The molecule has 21 nitrogen and oxygen atoms in total. The molecule has 0 saturated carbocycles. The lowest BCUT2D eigenvalue weighted by Gasteiger charge is -2.42. The lowest BCUT2D eigenvalue weighted by atomic mass is 9.90. The first-order valence-electron chi connectivity index (χ1n) is 34.8. The topological polar surface area (TPSA) is 220 Å². The Labute approximate surface area is 606 Å². The molecule has 0 bridgehead atoms. The third-order valence-electron chi connectivity index (χ3n) is 19.0. The molecule has 3 amide bonds. The molecule has 5 atom stereocenters. The van der Waals surface area contributed by atoms with Crippen LogP contribution in [0.1, 0.15) is 125 Å². The van der Waals surface area contributed by atoms with E-state index in [1.54, 1.807) is 29.7 Å². The van der Waals surface area contributed by atoms with Gasteiger partial charge in [-0.05, 0) is 85.7 Å². The van der Waals surface area contributed by atoms with Crippen LogP contribution in [0.2, 0.25) is 15.1 Å². The molecule has 0 spiro atoms. The molecular formula is C74H94Cl3F3N18O3. The molecule has 1 unspecified atom stereocenters. The summed E-state index contributed by atoms with van der Waals surface area (Å²) in [5.41, 5.74) is 7.40. The monoisotopic (exact) mass is 1440 g/mol. The number of nitrogens with zero attached hydrogens (tertiary/aromatic N) is 12. The van der Waals surface area contributed by atoms with Gasteiger partial charge in [-0.1, -0.05) is 132 Å². The lowest BCUT2D eigenvalue weighted by Crippen LogP contribution is -2.55. The number of allylic oxidation sites excluding steroid dienone is 3. The summed E-state index contributed by atoms with van der Waals surface area (Å²) in [6, 6.07) is 23.5. The Morgan fingerprint density at radius 3 is 1.25 bits per heavy atom. The second-order valence-electron chi connectivity index (χ2n) is 27.4. The summed E-state index contributed by atoms with van der Waals surface area (Å²) < 4.78 is 41.7. The highest BCUT2D eigenvalue weighted by Crippen LogP contribution is 2.48. The number of carbonyl (C=O) groups excluding carboxylic acids is 3. The minimum absolute atomic E-state index is 0.0269. The van der Waals surface area contributed by atoms with Crippen molar-refractivity contribution in [2.45, 2.75) is 135 Å². The summed E-state index contributed by atoms with van der Waals surface area (Å²) >= 11 is 18.2. The molecule has 3 fully saturated rings. The molecule has 6 aliphatic rings. The van der Waals surface area contributed by atoms with Gasteiger partial charge in [-0.3, -0.25) is 14.4 Å². The number of halogens is 6. The van der Waals surface area contributed by atoms with E-state index in [-0.39, 0.29) is 71.0 Å². The Kier molecular flexibility index (Phi) is 25.6. The number of hydrogen-bond donors (Lipinski definition) is 6. The zero-order valence-corrected chi connectivity index (χ0v) is 61.0. The Morgan fingerprint density at radius 2 is 0.842 bits per heavy atom. The van der Waals surface area contributed by atoms with E-state index >= 15 is 0 Å². The molecule has 27 heteroatoms. The first-order chi connectivity index (χ1) is 48.3. The predicted molar refractivity (Wildman–Crippen MR) is 397 cm³/mol. The van der Waals surface area contributed by atoms with Crippen molar-refractivity contribution < 1.29 is 27.6 Å². The minimum Gasteiger partial charge on any atom is -0.353 e. The Balaban J connectivity index is 0.000000164. The zero-order chi connectivity index (χ0) is 72.2. The van der Waals surface area contributed by atoms with E-state index in [1.165, 1.54) is 6.33 Å². The van der Waals surface area contributed by atoms with E-state index in [0.717, 1.165) is 108 Å². The van der Waals surface area contributed by atoms with Crippen LogP contribution >= 0.6 is 34.8 Å². The van der Waals surface area contributed by atoms with E-state index in [2.05, 4.69) is 126 Å². The van der Waals surface area contributed by atoms with E-state index in [4.69, 9.17) is 34.8 Å². The quantitative estimate of drug-likeness (QED) is 0.0471. The highest BCUT2D eigenvalue weighted by Gasteiger charge is 2.47. The largest absolute Gasteiger partial charge is 0.396 e. The molecule has 0 radical (unpaired) electrons. The molecule has 3 aromatic carbocycles. The number of piperazine rings is 3. The molecule has 6 aromatic rings. The standard InChI is InChI=1S/C25H30ClF3N6O.C25H33ClN6O.C24H31ClN6O/c1-15(2)30-13-19(17-4-6-18(26)7-5-17)24(36)35-10-8-34(9-11-35)23-21-20(25(27,28)29)12-16(3)33-22(21)31-14-32-23;1-16(2)27-13-22(19-6-8-20(26)9-7-19)25(33)31-11-12-32(18(4)14-31)24-21-10-5-17(3)30-23(21)28-15-29-24;1-16(2)26-14-21(18-5-7-19(25)8-6-18)24(32)31-12-10-30(11-13-31)23-20-9-4-17(3)29-22(20)27-15-28-23/h4-7,14-15,19-20,30H,3,8-13H2,1-2H3,(H,31,32,33);6-9,15-16,18,22,27H,3,5,10-14H2,1-2,4H3,(H,28,29,30);5-8,15-16,21,26H,3-4,9-14H2,1-2H3,(H,27,28,29)/t19-,20?;18-,22+;21-/m101/s1. The smallest absolute Gasteiger partial charge is 0.353 e. The first kappa shape index (κ1) is 75.5. The fraction of sp³-hybridized carbons (Fsp3) is 0.473. The maximum absolute atomic E-state index is 13.9. The fourth-order valence-electron chi connectivity index (χ4n) is 13.5. The molecule has 101 heavy (non-hydrogen) atoms. The summed E-state index contributed by atoms with van der Waals surface area (Å²) in [6.07, 6.45) is 3.29. The van der Waals surface area contributed by atoms with Crippen molar-refractivity contribution in [3.05, 3.63) is 177 Å². The van der Waals surface area contributed by atoms with Crippen molar-refractivity contribution in [2.24, 2.45) is 0 Å². The number of aromatic nitrogens is 6. The Morgan fingerprint density at radius 1 is 0.485 bits per heavy atom. The molecule has 6 aliphatic heterocycles. The van der Waals surface area contributed by atoms with Crippen LogP contribution in [0.5, 0.6) is 0 Å². The second-order valence-corrected chi connectivity index (χ2v) is 28.8. The summed E-state index contributed by atoms with van der Waals surface area (Å²) in [4.78, 5) is 79.0. The van der Waals surface area contributed by atoms with Crippen LogP contribution < -0.4 is 46.6 Å². The number of amides is 3. The number of carbonyl (C=O) groups is 3. The number of anilines is 6. The Bertz CT molecular complexity index is 3870. The van der Waals surface area contributed by atoms with Gasteiger partial charge in [0.25, 0.3) is 0 Å². The van der Waals surface area contributed by atoms with E-state index in [9.17, 15) is 27.6 Å². The first-order valence-corrected chi connectivity index (χ1v) is 36.0. The molecular weight excluding hydrogens is 1350 g/mol.